The molecule has 0 radical (unpaired) electrons. The minimum atomic E-state index is -0.478. The molecule has 0 aliphatic heterocycles. The summed E-state index contributed by atoms with van der Waals surface area (Å²) in [4.78, 5) is 15.1. The van der Waals surface area contributed by atoms with Gasteiger partial charge in [0.2, 0.25) is 11.6 Å². The third kappa shape index (κ3) is 6.01. The Morgan fingerprint density at radius 2 is 1.91 bits per heavy atom. The molecule has 0 saturated carbocycles. The SMILES string of the molecule is CCCN(CCC)Cc1c(C(=O)N/N=C/c2ccc(C(C)C)cc2)nnn1-c1nonc1N. The van der Waals surface area contributed by atoms with Crippen molar-refractivity contribution in [1.82, 2.24) is 35.6 Å². The van der Waals surface area contributed by atoms with E-state index in [1.165, 1.54) is 10.2 Å². The van der Waals surface area contributed by atoms with Gasteiger partial charge < -0.3 is 5.73 Å². The molecule has 3 rings (SSSR count). The normalized spacial score (nSPS) is 11.7. The molecule has 0 saturated heterocycles. The fourth-order valence-corrected chi connectivity index (χ4v) is 3.43. The van der Waals surface area contributed by atoms with Gasteiger partial charge in [-0.25, -0.2) is 10.1 Å². The Labute approximate surface area is 193 Å². The molecule has 0 aliphatic carbocycles. The van der Waals surface area contributed by atoms with Crippen LogP contribution in [0.25, 0.3) is 5.82 Å². The van der Waals surface area contributed by atoms with E-state index < -0.39 is 5.91 Å². The van der Waals surface area contributed by atoms with Crippen LogP contribution in [0.2, 0.25) is 0 Å². The van der Waals surface area contributed by atoms with Gasteiger partial charge in [0.25, 0.3) is 5.91 Å². The number of nitrogens with one attached hydrogen (secondary N) is 1. The quantitative estimate of drug-likeness (QED) is 0.333. The fraction of sp³-hybridized carbons (Fsp3) is 0.455. The van der Waals surface area contributed by atoms with Gasteiger partial charge >= 0.3 is 0 Å². The minimum Gasteiger partial charge on any atom is -0.378 e. The van der Waals surface area contributed by atoms with E-state index in [9.17, 15) is 4.79 Å². The highest BCUT2D eigenvalue weighted by molar-refractivity contribution is 5.94. The van der Waals surface area contributed by atoms with Crippen molar-refractivity contribution in [3.8, 4) is 5.82 Å². The molecule has 0 aliphatic rings. The third-order valence-electron chi connectivity index (χ3n) is 5.11. The van der Waals surface area contributed by atoms with Crippen molar-refractivity contribution in [3.05, 3.63) is 46.8 Å². The molecule has 1 aromatic carbocycles. The molecule has 11 heteroatoms. The largest absolute Gasteiger partial charge is 0.378 e. The van der Waals surface area contributed by atoms with Crippen LogP contribution in [0.4, 0.5) is 5.82 Å². The summed E-state index contributed by atoms with van der Waals surface area (Å²) in [6.45, 7) is 10.6. The van der Waals surface area contributed by atoms with Crippen molar-refractivity contribution >= 4 is 17.9 Å². The Balaban J connectivity index is 1.82. The van der Waals surface area contributed by atoms with Crippen LogP contribution in [-0.4, -0.2) is 55.4 Å². The van der Waals surface area contributed by atoms with Crippen LogP contribution in [0, 0.1) is 0 Å². The first-order valence-electron chi connectivity index (χ1n) is 11.1. The highest BCUT2D eigenvalue weighted by Gasteiger charge is 2.25. The first-order chi connectivity index (χ1) is 15.9. The van der Waals surface area contributed by atoms with Gasteiger partial charge in [-0.2, -0.15) is 9.78 Å². The minimum absolute atomic E-state index is 0.0634. The molecular weight excluding hydrogens is 422 g/mol. The first kappa shape index (κ1) is 24.1. The van der Waals surface area contributed by atoms with Crippen molar-refractivity contribution in [2.45, 2.75) is 53.0 Å². The molecule has 2 aromatic heterocycles. The number of hydrazone groups is 1. The van der Waals surface area contributed by atoms with Crippen molar-refractivity contribution in [2.24, 2.45) is 5.10 Å². The summed E-state index contributed by atoms with van der Waals surface area (Å²) in [6, 6.07) is 8.01. The number of amides is 1. The van der Waals surface area contributed by atoms with Crippen molar-refractivity contribution in [2.75, 3.05) is 18.8 Å². The van der Waals surface area contributed by atoms with E-state index in [-0.39, 0.29) is 17.3 Å². The van der Waals surface area contributed by atoms with Crippen molar-refractivity contribution in [1.29, 1.82) is 0 Å². The number of rotatable bonds is 11. The van der Waals surface area contributed by atoms with Gasteiger partial charge in [0.1, 0.15) is 0 Å². The summed E-state index contributed by atoms with van der Waals surface area (Å²) in [5.74, 6) is 0.228. The zero-order valence-electron chi connectivity index (χ0n) is 19.5. The number of carbonyl (C=O) groups excluding carboxylic acids is 1. The summed E-state index contributed by atoms with van der Waals surface area (Å²) in [7, 11) is 0. The van der Waals surface area contributed by atoms with Crippen LogP contribution in [0.15, 0.2) is 34.0 Å². The number of hydrogen-bond donors (Lipinski definition) is 2. The van der Waals surface area contributed by atoms with Gasteiger partial charge in [-0.15, -0.1) is 5.10 Å². The molecule has 0 bridgehead atoms. The number of aromatic nitrogens is 5. The summed E-state index contributed by atoms with van der Waals surface area (Å²) in [5.41, 5.74) is 11.2. The average Bonchev–Trinajstić information content (AvgIpc) is 3.40. The molecule has 2 heterocycles. The molecule has 176 valence electrons. The Bertz CT molecular complexity index is 1060. The Morgan fingerprint density at radius 3 is 2.48 bits per heavy atom. The lowest BCUT2D eigenvalue weighted by Crippen LogP contribution is -2.28. The summed E-state index contributed by atoms with van der Waals surface area (Å²) < 4.78 is 6.11. The van der Waals surface area contributed by atoms with E-state index in [0.29, 0.717) is 18.2 Å². The maximum atomic E-state index is 12.9. The van der Waals surface area contributed by atoms with Gasteiger partial charge in [-0.1, -0.05) is 57.2 Å². The average molecular weight is 454 g/mol. The van der Waals surface area contributed by atoms with Gasteiger partial charge in [0.15, 0.2) is 5.69 Å². The number of anilines is 1. The molecule has 3 aromatic rings. The first-order valence-corrected chi connectivity index (χ1v) is 11.1. The second-order valence-corrected chi connectivity index (χ2v) is 8.07. The smallest absolute Gasteiger partial charge is 0.293 e. The third-order valence-corrected chi connectivity index (χ3v) is 5.11. The van der Waals surface area contributed by atoms with Crippen LogP contribution in [0.3, 0.4) is 0 Å². The van der Waals surface area contributed by atoms with E-state index in [2.05, 4.69) is 63.7 Å². The maximum absolute atomic E-state index is 12.9. The van der Waals surface area contributed by atoms with Crippen LogP contribution in [0.1, 0.15) is 73.8 Å². The number of nitrogen functional groups attached to an aromatic ring is 1. The number of benzene rings is 1. The predicted molar refractivity (Wildman–Crippen MR) is 125 cm³/mol. The summed E-state index contributed by atoms with van der Waals surface area (Å²) in [6.07, 6.45) is 3.53. The van der Waals surface area contributed by atoms with Crippen LogP contribution in [0.5, 0.6) is 0 Å². The van der Waals surface area contributed by atoms with E-state index in [1.807, 2.05) is 24.3 Å². The van der Waals surface area contributed by atoms with Crippen LogP contribution >= 0.6 is 0 Å². The number of nitrogens with two attached hydrogens (primary N) is 1. The zero-order valence-corrected chi connectivity index (χ0v) is 19.5. The van der Waals surface area contributed by atoms with Gasteiger partial charge in [-0.05, 0) is 53.3 Å². The Morgan fingerprint density at radius 1 is 1.21 bits per heavy atom. The zero-order chi connectivity index (χ0) is 23.8. The van der Waals surface area contributed by atoms with E-state index in [0.717, 1.165) is 31.5 Å². The van der Waals surface area contributed by atoms with Gasteiger partial charge in [0.05, 0.1) is 11.9 Å². The second-order valence-electron chi connectivity index (χ2n) is 8.07. The van der Waals surface area contributed by atoms with E-state index in [4.69, 9.17) is 10.4 Å². The second kappa shape index (κ2) is 11.3. The Hall–Kier alpha value is -3.60. The molecule has 0 fully saturated rings. The lowest BCUT2D eigenvalue weighted by molar-refractivity contribution is 0.0947. The number of hydrogen-bond acceptors (Lipinski definition) is 9. The number of nitrogens with zero attached hydrogens (tertiary/aromatic N) is 7. The van der Waals surface area contributed by atoms with Crippen molar-refractivity contribution < 1.29 is 9.42 Å². The van der Waals surface area contributed by atoms with Crippen LogP contribution < -0.4 is 11.2 Å². The highest BCUT2D eigenvalue weighted by atomic mass is 16.6. The molecule has 33 heavy (non-hydrogen) atoms. The molecule has 3 N–H and O–H groups in total. The maximum Gasteiger partial charge on any atom is 0.293 e. The lowest BCUT2D eigenvalue weighted by atomic mass is 10.0. The Kier molecular flexibility index (Phi) is 8.25. The van der Waals surface area contributed by atoms with Crippen molar-refractivity contribution in [3.63, 3.8) is 0 Å². The van der Waals surface area contributed by atoms with E-state index in [1.54, 1.807) is 6.21 Å². The topological polar surface area (TPSA) is 140 Å². The molecule has 1 amide bonds. The molecule has 0 spiro atoms. The van der Waals surface area contributed by atoms with E-state index >= 15 is 0 Å². The van der Waals surface area contributed by atoms with Crippen LogP contribution in [-0.2, 0) is 6.54 Å². The standard InChI is InChI=1S/C22H31N9O2/c1-5-11-30(12-6-2)14-18-19(25-29-31(18)21-20(23)27-33-28-21)22(32)26-24-13-16-7-9-17(10-8-16)15(3)4/h7-10,13,15H,5-6,11-12,14H2,1-4H3,(H2,23,27)(H,26,32)/b24-13+. The van der Waals surface area contributed by atoms with Gasteiger partial charge in [0, 0.05) is 6.54 Å². The monoisotopic (exact) mass is 453 g/mol. The predicted octanol–water partition coefficient (Wildman–Crippen LogP) is 2.74. The molecular formula is C22H31N9O2. The number of carbonyl (C=O) groups is 1. The summed E-state index contributed by atoms with van der Waals surface area (Å²) >= 11 is 0. The lowest BCUT2D eigenvalue weighted by Gasteiger charge is -2.21. The molecule has 0 unspecified atom stereocenters. The molecule has 11 nitrogen and oxygen atoms in total. The van der Waals surface area contributed by atoms with Gasteiger partial charge in [-0.3, -0.25) is 9.69 Å². The highest BCUT2D eigenvalue weighted by Crippen LogP contribution is 2.18. The molecule has 0 atom stereocenters. The summed E-state index contributed by atoms with van der Waals surface area (Å²) in [5, 5.41) is 19.7. The fourth-order valence-electron chi connectivity index (χ4n) is 3.43.